The molecular formula is C20H25ClN2O3S. The minimum absolute atomic E-state index is 0.0548. The van der Waals surface area contributed by atoms with Crippen LogP contribution in [0.4, 0.5) is 11.4 Å². The van der Waals surface area contributed by atoms with Gasteiger partial charge in [0, 0.05) is 30.9 Å². The summed E-state index contributed by atoms with van der Waals surface area (Å²) in [6.07, 6.45) is -0.134. The van der Waals surface area contributed by atoms with Crippen LogP contribution in [0.15, 0.2) is 47.4 Å². The highest BCUT2D eigenvalue weighted by Crippen LogP contribution is 2.24. The van der Waals surface area contributed by atoms with E-state index in [1.54, 1.807) is 12.1 Å². The van der Waals surface area contributed by atoms with Gasteiger partial charge in [0.1, 0.15) is 0 Å². The molecule has 7 heteroatoms. The van der Waals surface area contributed by atoms with E-state index >= 15 is 0 Å². The average Bonchev–Trinajstić information content (AvgIpc) is 2.63. The Morgan fingerprint density at radius 3 is 2.37 bits per heavy atom. The summed E-state index contributed by atoms with van der Waals surface area (Å²) in [5, 5.41) is 2.96. The summed E-state index contributed by atoms with van der Waals surface area (Å²) in [6.45, 7) is 7.91. The first-order chi connectivity index (χ1) is 12.8. The van der Waals surface area contributed by atoms with Crippen LogP contribution >= 0.6 is 11.6 Å². The molecule has 27 heavy (non-hydrogen) atoms. The molecule has 5 nitrogen and oxygen atoms in total. The Morgan fingerprint density at radius 2 is 1.78 bits per heavy atom. The van der Waals surface area contributed by atoms with Crippen LogP contribution in [0.25, 0.3) is 0 Å². The molecule has 0 unspecified atom stereocenters. The molecule has 0 saturated carbocycles. The van der Waals surface area contributed by atoms with Crippen LogP contribution in [0.3, 0.4) is 0 Å². The number of benzene rings is 2. The van der Waals surface area contributed by atoms with Crippen molar-refractivity contribution in [3.8, 4) is 0 Å². The van der Waals surface area contributed by atoms with Crippen LogP contribution in [0, 0.1) is 6.92 Å². The van der Waals surface area contributed by atoms with Gasteiger partial charge in [0.15, 0.2) is 9.84 Å². The van der Waals surface area contributed by atoms with Crippen LogP contribution in [0.2, 0.25) is 5.02 Å². The van der Waals surface area contributed by atoms with Crippen LogP contribution in [0.1, 0.15) is 25.8 Å². The largest absolute Gasteiger partial charge is 0.372 e. The fraction of sp³-hybridized carbons (Fsp3) is 0.350. The minimum atomic E-state index is -3.61. The van der Waals surface area contributed by atoms with Crippen molar-refractivity contribution < 1.29 is 13.2 Å². The molecule has 0 saturated heterocycles. The Kier molecular flexibility index (Phi) is 7.27. The van der Waals surface area contributed by atoms with Crippen molar-refractivity contribution in [1.29, 1.82) is 0 Å². The maximum Gasteiger partial charge on any atom is 0.225 e. The first-order valence-corrected chi connectivity index (χ1v) is 10.9. The zero-order chi connectivity index (χ0) is 20.0. The predicted molar refractivity (Wildman–Crippen MR) is 111 cm³/mol. The summed E-state index contributed by atoms with van der Waals surface area (Å²) in [5.41, 5.74) is 2.71. The molecule has 0 aliphatic heterocycles. The maximum atomic E-state index is 12.4. The fourth-order valence-electron chi connectivity index (χ4n) is 2.82. The maximum absolute atomic E-state index is 12.4. The quantitative estimate of drug-likeness (QED) is 0.707. The van der Waals surface area contributed by atoms with Crippen molar-refractivity contribution in [2.75, 3.05) is 29.1 Å². The summed E-state index contributed by atoms with van der Waals surface area (Å²) in [5.74, 6) is -0.636. The Labute approximate surface area is 166 Å². The van der Waals surface area contributed by atoms with Gasteiger partial charge in [-0.25, -0.2) is 8.42 Å². The smallest absolute Gasteiger partial charge is 0.225 e. The lowest BCUT2D eigenvalue weighted by Gasteiger charge is -2.22. The van der Waals surface area contributed by atoms with E-state index in [0.29, 0.717) is 5.69 Å². The molecule has 0 aliphatic rings. The molecule has 0 heterocycles. The number of nitrogens with one attached hydrogen (secondary N) is 1. The van der Waals surface area contributed by atoms with E-state index in [0.717, 1.165) is 24.3 Å². The highest BCUT2D eigenvalue weighted by atomic mass is 35.5. The number of nitrogens with zero attached hydrogens (tertiary/aromatic N) is 1. The monoisotopic (exact) mass is 408 g/mol. The third-order valence-electron chi connectivity index (χ3n) is 4.38. The SMILES string of the molecule is CCN(CC)c1ccc(NC(=O)CCS(=O)(=O)c2ccccc2Cl)c(C)c1. The number of amides is 1. The highest BCUT2D eigenvalue weighted by molar-refractivity contribution is 7.91. The second-order valence-corrected chi connectivity index (χ2v) is 8.70. The predicted octanol–water partition coefficient (Wildman–Crippen LogP) is 4.30. The molecule has 0 bridgehead atoms. The van der Waals surface area contributed by atoms with E-state index in [-0.39, 0.29) is 28.0 Å². The van der Waals surface area contributed by atoms with Crippen molar-refractivity contribution in [2.24, 2.45) is 0 Å². The average molecular weight is 409 g/mol. The third-order valence-corrected chi connectivity index (χ3v) is 6.59. The summed E-state index contributed by atoms with van der Waals surface area (Å²) >= 11 is 5.96. The molecule has 0 spiro atoms. The number of sulfone groups is 1. The van der Waals surface area contributed by atoms with Gasteiger partial charge in [-0.2, -0.15) is 0 Å². The molecular weight excluding hydrogens is 384 g/mol. The van der Waals surface area contributed by atoms with E-state index < -0.39 is 9.84 Å². The van der Waals surface area contributed by atoms with Crippen LogP contribution in [-0.2, 0) is 14.6 Å². The molecule has 2 aromatic rings. The zero-order valence-electron chi connectivity index (χ0n) is 15.8. The van der Waals surface area contributed by atoms with Gasteiger partial charge in [0.25, 0.3) is 0 Å². The number of carbonyl (C=O) groups is 1. The van der Waals surface area contributed by atoms with Gasteiger partial charge >= 0.3 is 0 Å². The number of rotatable bonds is 8. The zero-order valence-corrected chi connectivity index (χ0v) is 17.4. The van der Waals surface area contributed by atoms with Crippen molar-refractivity contribution in [3.05, 3.63) is 53.1 Å². The Morgan fingerprint density at radius 1 is 1.11 bits per heavy atom. The second-order valence-electron chi connectivity index (χ2n) is 6.22. The lowest BCUT2D eigenvalue weighted by molar-refractivity contribution is -0.115. The van der Waals surface area contributed by atoms with Crippen molar-refractivity contribution in [1.82, 2.24) is 0 Å². The van der Waals surface area contributed by atoms with Crippen LogP contribution in [0.5, 0.6) is 0 Å². The molecule has 0 radical (unpaired) electrons. The van der Waals surface area contributed by atoms with Crippen LogP contribution < -0.4 is 10.2 Å². The third kappa shape index (κ3) is 5.47. The molecule has 2 aromatic carbocycles. The Bertz CT molecular complexity index is 909. The molecule has 1 amide bonds. The van der Waals surface area contributed by atoms with Gasteiger partial charge in [-0.05, 0) is 56.7 Å². The Balaban J connectivity index is 2.03. The highest BCUT2D eigenvalue weighted by Gasteiger charge is 2.19. The molecule has 0 atom stereocenters. The summed E-state index contributed by atoms with van der Waals surface area (Å²) < 4.78 is 24.8. The number of hydrogen-bond acceptors (Lipinski definition) is 4. The lowest BCUT2D eigenvalue weighted by atomic mass is 10.1. The van der Waals surface area contributed by atoms with Gasteiger partial charge in [0.2, 0.25) is 5.91 Å². The van der Waals surface area contributed by atoms with Crippen LogP contribution in [-0.4, -0.2) is 33.2 Å². The van der Waals surface area contributed by atoms with Gasteiger partial charge in [-0.3, -0.25) is 4.79 Å². The fourth-order valence-corrected chi connectivity index (χ4v) is 4.63. The van der Waals surface area contributed by atoms with E-state index in [1.807, 2.05) is 25.1 Å². The minimum Gasteiger partial charge on any atom is -0.372 e. The molecule has 146 valence electrons. The normalized spacial score (nSPS) is 11.3. The first kappa shape index (κ1) is 21.3. The van der Waals surface area contributed by atoms with Crippen molar-refractivity contribution in [3.63, 3.8) is 0 Å². The van der Waals surface area contributed by atoms with Gasteiger partial charge in [-0.1, -0.05) is 23.7 Å². The van der Waals surface area contributed by atoms with Gasteiger partial charge in [0.05, 0.1) is 15.7 Å². The summed E-state index contributed by atoms with van der Waals surface area (Å²) in [4.78, 5) is 14.5. The van der Waals surface area contributed by atoms with Crippen molar-refractivity contribution in [2.45, 2.75) is 32.1 Å². The molecule has 0 aromatic heterocycles. The van der Waals surface area contributed by atoms with Gasteiger partial charge < -0.3 is 10.2 Å². The summed E-state index contributed by atoms with van der Waals surface area (Å²) in [7, 11) is -3.61. The molecule has 0 fully saturated rings. The molecule has 2 rings (SSSR count). The number of halogens is 1. The lowest BCUT2D eigenvalue weighted by Crippen LogP contribution is -2.22. The second kappa shape index (κ2) is 9.24. The molecule has 1 N–H and O–H groups in total. The number of carbonyl (C=O) groups excluding carboxylic acids is 1. The Hall–Kier alpha value is -2.05. The summed E-state index contributed by atoms with van der Waals surface area (Å²) in [6, 6.07) is 12.1. The molecule has 0 aliphatic carbocycles. The van der Waals surface area contributed by atoms with E-state index in [2.05, 4.69) is 24.1 Å². The van der Waals surface area contributed by atoms with Gasteiger partial charge in [-0.15, -0.1) is 0 Å². The van der Waals surface area contributed by atoms with E-state index in [1.165, 1.54) is 12.1 Å². The van der Waals surface area contributed by atoms with E-state index in [4.69, 9.17) is 11.6 Å². The number of aryl methyl sites for hydroxylation is 1. The first-order valence-electron chi connectivity index (χ1n) is 8.91. The number of hydrogen-bond donors (Lipinski definition) is 1. The topological polar surface area (TPSA) is 66.5 Å². The van der Waals surface area contributed by atoms with E-state index in [9.17, 15) is 13.2 Å². The van der Waals surface area contributed by atoms with Crippen molar-refractivity contribution >= 4 is 38.7 Å². The standard InChI is InChI=1S/C20H25ClN2O3S/c1-4-23(5-2)16-10-11-18(15(3)14-16)22-20(24)12-13-27(25,26)19-9-7-6-8-17(19)21/h6-11,14H,4-5,12-13H2,1-3H3,(H,22,24). The number of anilines is 2.